The number of ether oxygens (including phenoxy) is 1. The number of hydrogen-bond donors (Lipinski definition) is 2. The van der Waals surface area contributed by atoms with E-state index in [4.69, 9.17) is 4.74 Å². The van der Waals surface area contributed by atoms with Gasteiger partial charge in [0.05, 0.1) is 13.2 Å². The number of nitrogens with one attached hydrogen (secondary N) is 2. The lowest BCUT2D eigenvalue weighted by molar-refractivity contribution is -0.126. The Balaban J connectivity index is 1.10. The SMILES string of the molecule is CCOc1ccc(NCc2cccn2-c2nnc(N3CCC(C(=O)N[C@@H](C)CCc4ccccc4)CC3)s2)cc1. The van der Waals surface area contributed by atoms with Gasteiger partial charge in [-0.3, -0.25) is 9.36 Å². The maximum absolute atomic E-state index is 12.9. The third-order valence-electron chi connectivity index (χ3n) is 7.32. The van der Waals surface area contributed by atoms with Crippen molar-refractivity contribution in [3.63, 3.8) is 0 Å². The van der Waals surface area contributed by atoms with Gasteiger partial charge in [-0.1, -0.05) is 41.7 Å². The molecular weight excluding hydrogens is 520 g/mol. The third kappa shape index (κ3) is 7.21. The fourth-order valence-corrected chi connectivity index (χ4v) is 5.92. The fourth-order valence-electron chi connectivity index (χ4n) is 5.00. The van der Waals surface area contributed by atoms with Crippen molar-refractivity contribution < 1.29 is 9.53 Å². The van der Waals surface area contributed by atoms with Crippen LogP contribution < -0.4 is 20.3 Å². The quantitative estimate of drug-likeness (QED) is 0.232. The van der Waals surface area contributed by atoms with Gasteiger partial charge in [0.15, 0.2) is 0 Å². The second kappa shape index (κ2) is 13.5. The molecule has 1 aliphatic rings. The Labute approximate surface area is 240 Å². The summed E-state index contributed by atoms with van der Waals surface area (Å²) >= 11 is 1.59. The van der Waals surface area contributed by atoms with Gasteiger partial charge in [0.1, 0.15) is 5.75 Å². The molecule has 1 fully saturated rings. The van der Waals surface area contributed by atoms with Gasteiger partial charge in [-0.15, -0.1) is 10.2 Å². The Morgan fingerprint density at radius 2 is 1.77 bits per heavy atom. The zero-order chi connectivity index (χ0) is 27.7. The summed E-state index contributed by atoms with van der Waals surface area (Å²) in [7, 11) is 0. The average Bonchev–Trinajstić information content (AvgIpc) is 3.66. The van der Waals surface area contributed by atoms with Crippen molar-refractivity contribution in [2.75, 3.05) is 29.9 Å². The number of carbonyl (C=O) groups excluding carboxylic acids is 1. The number of aryl methyl sites for hydroxylation is 1. The van der Waals surface area contributed by atoms with Crippen LogP contribution in [0.15, 0.2) is 72.9 Å². The molecule has 1 aliphatic heterocycles. The molecule has 8 nitrogen and oxygen atoms in total. The number of carbonyl (C=O) groups is 1. The van der Waals surface area contributed by atoms with Crippen molar-refractivity contribution in [2.24, 2.45) is 5.92 Å². The van der Waals surface area contributed by atoms with Crippen LogP contribution >= 0.6 is 11.3 Å². The Kier molecular flexibility index (Phi) is 9.34. The molecule has 4 aromatic rings. The van der Waals surface area contributed by atoms with E-state index in [1.807, 2.05) is 49.5 Å². The number of hydrogen-bond acceptors (Lipinski definition) is 7. The Bertz CT molecular complexity index is 1350. The smallest absolute Gasteiger partial charge is 0.223 e. The maximum atomic E-state index is 12.9. The second-order valence-electron chi connectivity index (χ2n) is 10.2. The highest BCUT2D eigenvalue weighted by atomic mass is 32.1. The van der Waals surface area contributed by atoms with Gasteiger partial charge in [-0.05, 0) is 81.5 Å². The number of nitrogens with zero attached hydrogens (tertiary/aromatic N) is 4. The summed E-state index contributed by atoms with van der Waals surface area (Å²) in [6.45, 7) is 7.02. The largest absolute Gasteiger partial charge is 0.494 e. The van der Waals surface area contributed by atoms with Gasteiger partial charge in [0, 0.05) is 42.6 Å². The van der Waals surface area contributed by atoms with Crippen LogP contribution in [0.1, 0.15) is 44.4 Å². The van der Waals surface area contributed by atoms with Crippen LogP contribution in [-0.2, 0) is 17.8 Å². The molecule has 40 heavy (non-hydrogen) atoms. The van der Waals surface area contributed by atoms with Crippen LogP contribution in [0.5, 0.6) is 5.75 Å². The van der Waals surface area contributed by atoms with E-state index in [0.717, 1.165) is 66.2 Å². The first-order valence-electron chi connectivity index (χ1n) is 14.1. The lowest BCUT2D eigenvalue weighted by Crippen LogP contribution is -2.43. The molecule has 0 aliphatic carbocycles. The van der Waals surface area contributed by atoms with Crippen LogP contribution in [0.4, 0.5) is 10.8 Å². The van der Waals surface area contributed by atoms with E-state index in [1.165, 1.54) is 5.56 Å². The first kappa shape index (κ1) is 27.7. The molecule has 2 aromatic carbocycles. The summed E-state index contributed by atoms with van der Waals surface area (Å²) in [4.78, 5) is 15.2. The molecule has 2 aromatic heterocycles. The van der Waals surface area contributed by atoms with Crippen molar-refractivity contribution >= 4 is 28.1 Å². The molecule has 1 amide bonds. The Morgan fingerprint density at radius 3 is 2.52 bits per heavy atom. The number of benzene rings is 2. The van der Waals surface area contributed by atoms with Crippen molar-refractivity contribution in [3.8, 4) is 10.9 Å². The number of rotatable bonds is 12. The van der Waals surface area contributed by atoms with E-state index in [-0.39, 0.29) is 17.9 Å². The molecule has 5 rings (SSSR count). The number of piperidine rings is 1. The van der Waals surface area contributed by atoms with Crippen LogP contribution in [-0.4, -0.2) is 46.4 Å². The van der Waals surface area contributed by atoms with Crippen molar-refractivity contribution in [1.82, 2.24) is 20.1 Å². The third-order valence-corrected chi connectivity index (χ3v) is 8.30. The average molecular weight is 559 g/mol. The monoisotopic (exact) mass is 558 g/mol. The molecule has 0 unspecified atom stereocenters. The van der Waals surface area contributed by atoms with E-state index < -0.39 is 0 Å². The number of amides is 1. The fraction of sp³-hybridized carbons (Fsp3) is 0.387. The second-order valence-corrected chi connectivity index (χ2v) is 11.2. The van der Waals surface area contributed by atoms with Crippen molar-refractivity contribution in [3.05, 3.63) is 84.2 Å². The zero-order valence-electron chi connectivity index (χ0n) is 23.3. The molecule has 0 spiro atoms. The first-order chi connectivity index (χ1) is 19.6. The van der Waals surface area contributed by atoms with Gasteiger partial charge in [-0.25, -0.2) is 0 Å². The van der Waals surface area contributed by atoms with E-state index in [0.29, 0.717) is 13.2 Å². The molecule has 1 saturated heterocycles. The number of aromatic nitrogens is 3. The van der Waals surface area contributed by atoms with Crippen LogP contribution in [0, 0.1) is 5.92 Å². The van der Waals surface area contributed by atoms with Crippen molar-refractivity contribution in [1.29, 1.82) is 0 Å². The maximum Gasteiger partial charge on any atom is 0.223 e. The minimum absolute atomic E-state index is 0.0487. The number of anilines is 2. The van der Waals surface area contributed by atoms with E-state index in [9.17, 15) is 4.79 Å². The summed E-state index contributed by atoms with van der Waals surface area (Å²) in [5, 5.41) is 17.4. The predicted molar refractivity (Wildman–Crippen MR) is 161 cm³/mol. The molecule has 0 saturated carbocycles. The first-order valence-corrected chi connectivity index (χ1v) is 15.0. The van der Waals surface area contributed by atoms with Crippen LogP contribution in [0.2, 0.25) is 0 Å². The summed E-state index contributed by atoms with van der Waals surface area (Å²) in [6.07, 6.45) is 5.59. The van der Waals surface area contributed by atoms with E-state index in [1.54, 1.807) is 11.3 Å². The topological polar surface area (TPSA) is 84.3 Å². The van der Waals surface area contributed by atoms with Crippen LogP contribution in [0.25, 0.3) is 5.13 Å². The van der Waals surface area contributed by atoms with Gasteiger partial charge in [0.25, 0.3) is 0 Å². The minimum atomic E-state index is 0.0487. The Hall–Kier alpha value is -3.85. The molecule has 3 heterocycles. The molecule has 0 radical (unpaired) electrons. The van der Waals surface area contributed by atoms with Gasteiger partial charge < -0.3 is 20.3 Å². The zero-order valence-corrected chi connectivity index (χ0v) is 24.1. The lowest BCUT2D eigenvalue weighted by Gasteiger charge is -2.31. The molecule has 210 valence electrons. The normalized spacial score (nSPS) is 14.6. The molecule has 2 N–H and O–H groups in total. The molecule has 9 heteroatoms. The Morgan fingerprint density at radius 1 is 1.02 bits per heavy atom. The highest BCUT2D eigenvalue weighted by Gasteiger charge is 2.27. The molecular formula is C31H38N6O2S. The standard InChI is InChI=1S/C31H38N6O2S/c1-3-39-28-15-13-26(14-16-28)32-22-27-10-7-19-37(27)31-35-34-30(40-31)36-20-17-25(18-21-36)29(38)33-23(2)11-12-24-8-5-4-6-9-24/h4-10,13-16,19,23,25,32H,3,11-12,17-18,20-22H2,1-2H3,(H,33,38)/t23-/m0/s1. The predicted octanol–water partition coefficient (Wildman–Crippen LogP) is 5.69. The summed E-state index contributed by atoms with van der Waals surface area (Å²) in [5.74, 6) is 1.10. The summed E-state index contributed by atoms with van der Waals surface area (Å²) in [5.41, 5.74) is 3.45. The lowest BCUT2D eigenvalue weighted by atomic mass is 9.95. The van der Waals surface area contributed by atoms with Gasteiger partial charge >= 0.3 is 0 Å². The van der Waals surface area contributed by atoms with Gasteiger partial charge in [0.2, 0.25) is 16.2 Å². The summed E-state index contributed by atoms with van der Waals surface area (Å²) in [6, 6.07) is 22.7. The summed E-state index contributed by atoms with van der Waals surface area (Å²) < 4.78 is 7.61. The van der Waals surface area contributed by atoms with Gasteiger partial charge in [-0.2, -0.15) is 0 Å². The van der Waals surface area contributed by atoms with Crippen LogP contribution in [0.3, 0.4) is 0 Å². The van der Waals surface area contributed by atoms with E-state index in [2.05, 4.69) is 67.6 Å². The van der Waals surface area contributed by atoms with Crippen molar-refractivity contribution in [2.45, 2.75) is 52.1 Å². The minimum Gasteiger partial charge on any atom is -0.494 e. The highest BCUT2D eigenvalue weighted by Crippen LogP contribution is 2.29. The van der Waals surface area contributed by atoms with E-state index >= 15 is 0 Å². The molecule has 0 bridgehead atoms. The molecule has 1 atom stereocenters. The highest BCUT2D eigenvalue weighted by molar-refractivity contribution is 7.17.